The number of hydrogen-bond acceptors (Lipinski definition) is 2. The Kier molecular flexibility index (Phi) is 17.5. The SMILES string of the molecule is Brc1ccc2c(-c3ccc4ccccc4c3)c3ccccc3c(-c3ccc4ccccc4c3)c2c1.C(#Cc1ccccc1-c1ccc2c(-c3ccc4ccccc4c3)c3ccccc3c(-c3ccc4ccccc4c3)c2c1)c1ccccc1.OB(O)c1ccccc1C#Cc1ccccc1. The van der Waals surface area contributed by atoms with Crippen molar-refractivity contribution in [3.8, 4) is 79.3 Å². The molecule has 0 unspecified atom stereocenters. The molecule has 2 N–H and O–H groups in total. The first-order valence-corrected chi connectivity index (χ1v) is 34.4. The van der Waals surface area contributed by atoms with Crippen LogP contribution in [0.1, 0.15) is 22.3 Å². The van der Waals surface area contributed by atoms with Crippen molar-refractivity contribution in [2.45, 2.75) is 0 Å². The minimum absolute atomic E-state index is 0.427. The molecule has 0 heterocycles. The third kappa shape index (κ3) is 12.7. The van der Waals surface area contributed by atoms with E-state index in [1.807, 2.05) is 54.6 Å². The molecule has 0 saturated heterocycles. The van der Waals surface area contributed by atoms with Gasteiger partial charge in [-0.05, 0) is 226 Å². The summed E-state index contributed by atoms with van der Waals surface area (Å²) in [5.74, 6) is 12.8. The Morgan fingerprint density at radius 2 is 0.530 bits per heavy atom. The van der Waals surface area contributed by atoms with Crippen LogP contribution in [0, 0.1) is 23.7 Å². The van der Waals surface area contributed by atoms with Gasteiger partial charge in [0.2, 0.25) is 0 Å². The molecule has 0 aromatic heterocycles. The van der Waals surface area contributed by atoms with Crippen molar-refractivity contribution in [1.82, 2.24) is 0 Å². The van der Waals surface area contributed by atoms with Gasteiger partial charge in [0.1, 0.15) is 0 Å². The molecular weight excluding hydrogens is 1280 g/mol. The fourth-order valence-corrected chi connectivity index (χ4v) is 14.5. The topological polar surface area (TPSA) is 40.5 Å². The van der Waals surface area contributed by atoms with Gasteiger partial charge < -0.3 is 10.0 Å². The van der Waals surface area contributed by atoms with E-state index in [2.05, 4.69) is 331 Å². The van der Waals surface area contributed by atoms with Crippen molar-refractivity contribution >= 4 is 115 Å². The van der Waals surface area contributed by atoms with Gasteiger partial charge in [-0.15, -0.1) is 0 Å². The summed E-state index contributed by atoms with van der Waals surface area (Å²) in [5.41, 5.74) is 16.3. The van der Waals surface area contributed by atoms with Gasteiger partial charge in [0.25, 0.3) is 0 Å². The Morgan fingerprint density at radius 3 is 0.960 bits per heavy atom. The van der Waals surface area contributed by atoms with Crippen LogP contribution in [0.25, 0.3) is 142 Å². The van der Waals surface area contributed by atoms with Crippen LogP contribution in [0.15, 0.2) is 368 Å². The van der Waals surface area contributed by atoms with Crippen LogP contribution < -0.4 is 5.46 Å². The van der Waals surface area contributed by atoms with Gasteiger partial charge in [-0.3, -0.25) is 0 Å². The molecule has 0 bridgehead atoms. The van der Waals surface area contributed by atoms with Crippen LogP contribution >= 0.6 is 15.9 Å². The second kappa shape index (κ2) is 28.0. The van der Waals surface area contributed by atoms with E-state index in [-0.39, 0.29) is 0 Å². The zero-order valence-electron chi connectivity index (χ0n) is 54.5. The average molecular weight is 1340 g/mol. The lowest BCUT2D eigenvalue weighted by atomic mass is 9.77. The third-order valence-corrected chi connectivity index (χ3v) is 19.4. The van der Waals surface area contributed by atoms with Crippen molar-refractivity contribution in [2.24, 2.45) is 0 Å². The molecule has 0 atom stereocenters. The van der Waals surface area contributed by atoms with Crippen LogP contribution in [0.5, 0.6) is 0 Å². The summed E-state index contributed by atoms with van der Waals surface area (Å²) in [5, 5.41) is 38.5. The quantitative estimate of drug-likeness (QED) is 0.0990. The maximum absolute atomic E-state index is 9.19. The van der Waals surface area contributed by atoms with Crippen LogP contribution in [0.4, 0.5) is 0 Å². The van der Waals surface area contributed by atoms with E-state index in [4.69, 9.17) is 0 Å². The maximum atomic E-state index is 9.19. The molecule has 100 heavy (non-hydrogen) atoms. The molecule has 0 fully saturated rings. The normalized spacial score (nSPS) is 11.0. The van der Waals surface area contributed by atoms with Gasteiger partial charge in [-0.1, -0.05) is 325 Å². The second-order valence-electron chi connectivity index (χ2n) is 25.0. The Labute approximate surface area is 590 Å². The Hall–Kier alpha value is -12.4. The van der Waals surface area contributed by atoms with Crippen molar-refractivity contribution < 1.29 is 10.0 Å². The maximum Gasteiger partial charge on any atom is 0.489 e. The Bertz CT molecular complexity index is 6290. The van der Waals surface area contributed by atoms with Crippen LogP contribution in [0.2, 0.25) is 0 Å². The number of benzene rings is 18. The lowest BCUT2D eigenvalue weighted by Gasteiger charge is -2.19. The summed E-state index contributed by atoms with van der Waals surface area (Å²) in [4.78, 5) is 0. The fraction of sp³-hybridized carbons (Fsp3) is 0. The minimum atomic E-state index is -1.49. The van der Waals surface area contributed by atoms with E-state index in [1.165, 1.54) is 131 Å². The first-order chi connectivity index (χ1) is 49.3. The Morgan fingerprint density at radius 1 is 0.220 bits per heavy atom. The predicted octanol–water partition coefficient (Wildman–Crippen LogP) is 23.9. The monoisotopic (exact) mass is 1340 g/mol. The zero-order chi connectivity index (χ0) is 67.3. The van der Waals surface area contributed by atoms with Crippen molar-refractivity contribution in [1.29, 1.82) is 0 Å². The van der Waals surface area contributed by atoms with Crippen molar-refractivity contribution in [2.75, 3.05) is 0 Å². The van der Waals surface area contributed by atoms with Crippen LogP contribution in [-0.4, -0.2) is 17.2 Å². The summed E-state index contributed by atoms with van der Waals surface area (Å²) >= 11 is 3.76. The highest BCUT2D eigenvalue weighted by Crippen LogP contribution is 2.48. The molecule has 0 spiro atoms. The molecule has 2 nitrogen and oxygen atoms in total. The zero-order valence-corrected chi connectivity index (χ0v) is 56.1. The van der Waals surface area contributed by atoms with Gasteiger partial charge in [0, 0.05) is 26.7 Å². The molecule has 18 aromatic carbocycles. The number of hydrogen-bond donors (Lipinski definition) is 2. The summed E-state index contributed by atoms with van der Waals surface area (Å²) < 4.78 is 1.09. The van der Waals surface area contributed by atoms with Crippen LogP contribution in [-0.2, 0) is 0 Å². The standard InChI is InChI=1S/C48H30.C34H21Br.C14H11BO2/c1-2-12-33(13-3-1)22-23-36-16-8-9-19-42(36)39-28-29-45-46(32-39)48(41-27-25-35-15-5-7-18-38(35)31-41)44-21-11-10-20-43(44)47(45)40-26-24-34-14-4-6-17-37(34)30-40;35-28-17-18-31-32(21-28)34(27-16-14-23-8-2-4-10-25(23)20-27)30-12-6-5-11-29(30)33(31)26-15-13-22-7-1-3-9-24(22)19-26;16-15(17)14-9-5-4-8-13(14)11-10-12-6-2-1-3-7-12/h1-21,24-32H;1-21H;1-9,16-17H. The lowest BCUT2D eigenvalue weighted by Crippen LogP contribution is -2.32. The summed E-state index contributed by atoms with van der Waals surface area (Å²) in [7, 11) is -1.49. The second-order valence-corrected chi connectivity index (χ2v) is 25.9. The summed E-state index contributed by atoms with van der Waals surface area (Å²) in [6.07, 6.45) is 0. The number of rotatable bonds is 6. The lowest BCUT2D eigenvalue weighted by molar-refractivity contribution is 0.425. The highest BCUT2D eigenvalue weighted by molar-refractivity contribution is 9.10. The Balaban J connectivity index is 0.000000130. The first kappa shape index (κ1) is 62.4. The highest BCUT2D eigenvalue weighted by atomic mass is 79.9. The molecule has 18 rings (SSSR count). The molecule has 0 amide bonds. The summed E-state index contributed by atoms with van der Waals surface area (Å²) in [6.45, 7) is 0. The van der Waals surface area contributed by atoms with Gasteiger partial charge in [0.15, 0.2) is 0 Å². The number of fused-ring (bicyclic) bond motifs is 8. The van der Waals surface area contributed by atoms with E-state index < -0.39 is 7.12 Å². The highest BCUT2D eigenvalue weighted by Gasteiger charge is 2.21. The largest absolute Gasteiger partial charge is 0.489 e. The molecule has 0 radical (unpaired) electrons. The molecule has 0 aliphatic carbocycles. The third-order valence-electron chi connectivity index (χ3n) is 18.9. The van der Waals surface area contributed by atoms with Gasteiger partial charge >= 0.3 is 7.12 Å². The molecule has 468 valence electrons. The van der Waals surface area contributed by atoms with Crippen LogP contribution in [0.3, 0.4) is 0 Å². The van der Waals surface area contributed by atoms with E-state index in [0.717, 1.165) is 32.3 Å². The smallest absolute Gasteiger partial charge is 0.423 e. The van der Waals surface area contributed by atoms with E-state index in [9.17, 15) is 10.0 Å². The first-order valence-electron chi connectivity index (χ1n) is 33.6. The van der Waals surface area contributed by atoms with Crippen molar-refractivity contribution in [3.63, 3.8) is 0 Å². The van der Waals surface area contributed by atoms with Gasteiger partial charge in [-0.25, -0.2) is 0 Å². The molecule has 0 aliphatic heterocycles. The number of halogens is 1. The fourth-order valence-electron chi connectivity index (χ4n) is 14.1. The van der Waals surface area contributed by atoms with Gasteiger partial charge in [0.05, 0.1) is 0 Å². The van der Waals surface area contributed by atoms with E-state index in [1.54, 1.807) is 18.2 Å². The molecule has 4 heteroatoms. The molecule has 0 aliphatic rings. The molecule has 18 aromatic rings. The summed E-state index contributed by atoms with van der Waals surface area (Å²) in [6, 6.07) is 129. The minimum Gasteiger partial charge on any atom is -0.423 e. The predicted molar refractivity (Wildman–Crippen MR) is 429 cm³/mol. The van der Waals surface area contributed by atoms with Crippen molar-refractivity contribution in [3.05, 3.63) is 391 Å². The molecular formula is C96H62BBrO2. The molecule has 0 saturated carbocycles. The van der Waals surface area contributed by atoms with E-state index in [0.29, 0.717) is 11.0 Å². The van der Waals surface area contributed by atoms with E-state index >= 15 is 0 Å². The van der Waals surface area contributed by atoms with Gasteiger partial charge in [-0.2, -0.15) is 0 Å². The average Bonchev–Trinajstić information content (AvgIpc) is 0.734.